The second kappa shape index (κ2) is 7.01. The van der Waals surface area contributed by atoms with E-state index in [0.717, 1.165) is 42.4 Å². The summed E-state index contributed by atoms with van der Waals surface area (Å²) in [5.74, 6) is 3.40. The zero-order chi connectivity index (χ0) is 15.4. The summed E-state index contributed by atoms with van der Waals surface area (Å²) >= 11 is 0. The van der Waals surface area contributed by atoms with Gasteiger partial charge in [-0.3, -0.25) is 4.21 Å². The summed E-state index contributed by atoms with van der Waals surface area (Å²) in [6.07, 6.45) is 4.53. The molecule has 22 heavy (non-hydrogen) atoms. The van der Waals surface area contributed by atoms with E-state index < -0.39 is 10.8 Å². The van der Waals surface area contributed by atoms with Crippen LogP contribution in [0.5, 0.6) is 0 Å². The lowest BCUT2D eigenvalue weighted by Gasteiger charge is -2.31. The average molecular weight is 315 g/mol. The number of rotatable bonds is 4. The Kier molecular flexibility index (Phi) is 4.83. The Balaban J connectivity index is 1.72. The molecule has 2 aromatic rings. The zero-order valence-corrected chi connectivity index (χ0v) is 13.6. The molecule has 0 spiro atoms. The van der Waals surface area contributed by atoms with Crippen molar-refractivity contribution in [1.29, 1.82) is 0 Å². The van der Waals surface area contributed by atoms with Gasteiger partial charge < -0.3 is 4.90 Å². The topological polar surface area (TPSA) is 46.1 Å². The molecule has 0 amide bonds. The zero-order valence-electron chi connectivity index (χ0n) is 12.8. The molecule has 5 heteroatoms. The van der Waals surface area contributed by atoms with E-state index in [4.69, 9.17) is 4.98 Å². The molecule has 1 aliphatic heterocycles. The summed E-state index contributed by atoms with van der Waals surface area (Å²) in [4.78, 5) is 11.3. The predicted octanol–water partition coefficient (Wildman–Crippen LogP) is 2.41. The van der Waals surface area contributed by atoms with Crippen LogP contribution in [0.15, 0.2) is 42.6 Å². The minimum absolute atomic E-state index is 0.428. The van der Waals surface area contributed by atoms with Crippen molar-refractivity contribution in [1.82, 2.24) is 9.97 Å². The molecule has 1 aromatic carbocycles. The van der Waals surface area contributed by atoms with Crippen molar-refractivity contribution in [2.75, 3.05) is 23.5 Å². The fraction of sp³-hybridized carbons (Fsp3) is 0.412. The highest BCUT2D eigenvalue weighted by Gasteiger charge is 2.22. The highest BCUT2D eigenvalue weighted by Crippen LogP contribution is 2.20. The summed E-state index contributed by atoms with van der Waals surface area (Å²) in [5.41, 5.74) is 1.22. The van der Waals surface area contributed by atoms with Gasteiger partial charge in [0, 0.05) is 48.0 Å². The second-order valence-electron chi connectivity index (χ2n) is 5.68. The van der Waals surface area contributed by atoms with Gasteiger partial charge in [-0.2, -0.15) is 0 Å². The molecule has 1 aromatic heterocycles. The van der Waals surface area contributed by atoms with Gasteiger partial charge in [-0.15, -0.1) is 0 Å². The molecule has 1 aliphatic rings. The number of hydrogen-bond acceptors (Lipinski definition) is 4. The molecule has 3 rings (SSSR count). The minimum Gasteiger partial charge on any atom is -0.357 e. The predicted molar refractivity (Wildman–Crippen MR) is 90.6 cm³/mol. The van der Waals surface area contributed by atoms with Crippen LogP contribution >= 0.6 is 0 Å². The normalized spacial score (nSPS) is 21.5. The van der Waals surface area contributed by atoms with E-state index >= 15 is 0 Å². The molecule has 0 radical (unpaired) electrons. The molecule has 0 N–H and O–H groups in total. The molecule has 1 saturated heterocycles. The van der Waals surface area contributed by atoms with Gasteiger partial charge in [-0.25, -0.2) is 9.97 Å². The molecular formula is C17H21N3OS. The SMILES string of the molecule is CN(c1ccnc(Cc2ccccc2)n1)C1CCS(=O)CC1. The smallest absolute Gasteiger partial charge is 0.135 e. The molecule has 0 unspecified atom stereocenters. The second-order valence-corrected chi connectivity index (χ2v) is 7.38. The maximum Gasteiger partial charge on any atom is 0.135 e. The van der Waals surface area contributed by atoms with E-state index in [1.54, 1.807) is 0 Å². The maximum absolute atomic E-state index is 11.5. The summed E-state index contributed by atoms with van der Waals surface area (Å²) < 4.78 is 11.5. The summed E-state index contributed by atoms with van der Waals surface area (Å²) in [6, 6.07) is 12.7. The molecule has 116 valence electrons. The van der Waals surface area contributed by atoms with Crippen LogP contribution in [0.1, 0.15) is 24.2 Å². The van der Waals surface area contributed by atoms with Gasteiger partial charge >= 0.3 is 0 Å². The van der Waals surface area contributed by atoms with E-state index in [1.165, 1.54) is 5.56 Å². The van der Waals surface area contributed by atoms with E-state index in [0.29, 0.717) is 6.04 Å². The summed E-state index contributed by atoms with van der Waals surface area (Å²) in [7, 11) is 1.45. The standard InChI is InChI=1S/C17H21N3OS/c1-20(15-8-11-22(21)12-9-15)17-7-10-18-16(19-17)13-14-5-3-2-4-6-14/h2-7,10,15H,8-9,11-13H2,1H3. The van der Waals surface area contributed by atoms with Crippen LogP contribution in [-0.2, 0) is 17.2 Å². The number of hydrogen-bond donors (Lipinski definition) is 0. The van der Waals surface area contributed by atoms with Gasteiger partial charge in [-0.1, -0.05) is 30.3 Å². The maximum atomic E-state index is 11.5. The first-order valence-corrected chi connectivity index (χ1v) is 9.15. The van der Waals surface area contributed by atoms with Crippen molar-refractivity contribution < 1.29 is 4.21 Å². The number of anilines is 1. The highest BCUT2D eigenvalue weighted by molar-refractivity contribution is 7.85. The van der Waals surface area contributed by atoms with Crippen LogP contribution in [0.2, 0.25) is 0 Å². The molecule has 0 aliphatic carbocycles. The Morgan fingerprint density at radius 1 is 1.18 bits per heavy atom. The van der Waals surface area contributed by atoms with Gasteiger partial charge in [0.25, 0.3) is 0 Å². The fourth-order valence-electron chi connectivity index (χ4n) is 2.80. The number of benzene rings is 1. The summed E-state index contributed by atoms with van der Waals surface area (Å²) in [6.45, 7) is 0. The molecule has 0 bridgehead atoms. The van der Waals surface area contributed by atoms with Crippen molar-refractivity contribution in [3.8, 4) is 0 Å². The van der Waals surface area contributed by atoms with Crippen LogP contribution in [-0.4, -0.2) is 38.8 Å². The van der Waals surface area contributed by atoms with Gasteiger partial charge in [0.05, 0.1) is 0 Å². The van der Waals surface area contributed by atoms with Gasteiger partial charge in [0.1, 0.15) is 11.6 Å². The van der Waals surface area contributed by atoms with Crippen LogP contribution in [0, 0.1) is 0 Å². The molecular weight excluding hydrogens is 294 g/mol. The fourth-order valence-corrected chi connectivity index (χ4v) is 4.08. The Morgan fingerprint density at radius 3 is 2.64 bits per heavy atom. The van der Waals surface area contributed by atoms with Gasteiger partial charge in [0.2, 0.25) is 0 Å². The molecule has 4 nitrogen and oxygen atoms in total. The minimum atomic E-state index is -0.624. The lowest BCUT2D eigenvalue weighted by molar-refractivity contribution is 0.565. The van der Waals surface area contributed by atoms with Crippen molar-refractivity contribution in [2.24, 2.45) is 0 Å². The van der Waals surface area contributed by atoms with Crippen LogP contribution in [0.3, 0.4) is 0 Å². The van der Waals surface area contributed by atoms with Crippen LogP contribution < -0.4 is 4.90 Å². The van der Waals surface area contributed by atoms with Crippen LogP contribution in [0.4, 0.5) is 5.82 Å². The molecule has 2 heterocycles. The van der Waals surface area contributed by atoms with Crippen molar-refractivity contribution >= 4 is 16.6 Å². The van der Waals surface area contributed by atoms with Gasteiger partial charge in [0.15, 0.2) is 0 Å². The third-order valence-corrected chi connectivity index (χ3v) is 5.54. The highest BCUT2D eigenvalue weighted by atomic mass is 32.2. The van der Waals surface area contributed by atoms with Crippen LogP contribution in [0.25, 0.3) is 0 Å². The number of aromatic nitrogens is 2. The quantitative estimate of drug-likeness (QED) is 0.869. The molecule has 1 fully saturated rings. The van der Waals surface area contributed by atoms with E-state index in [2.05, 4.69) is 29.1 Å². The lowest BCUT2D eigenvalue weighted by atomic mass is 10.1. The monoisotopic (exact) mass is 315 g/mol. The largest absolute Gasteiger partial charge is 0.357 e. The Bertz CT molecular complexity index is 637. The average Bonchev–Trinajstić information content (AvgIpc) is 2.56. The Labute approximate surface area is 134 Å². The van der Waals surface area contributed by atoms with Crippen molar-refractivity contribution in [3.05, 3.63) is 54.0 Å². The third kappa shape index (κ3) is 3.71. The first kappa shape index (κ1) is 15.2. The van der Waals surface area contributed by atoms with E-state index in [-0.39, 0.29) is 0 Å². The molecule has 0 saturated carbocycles. The molecule has 0 atom stereocenters. The Morgan fingerprint density at radius 2 is 1.91 bits per heavy atom. The number of nitrogens with zero attached hydrogens (tertiary/aromatic N) is 3. The van der Waals surface area contributed by atoms with Crippen molar-refractivity contribution in [3.63, 3.8) is 0 Å². The third-order valence-electron chi connectivity index (χ3n) is 4.16. The first-order valence-electron chi connectivity index (χ1n) is 7.66. The van der Waals surface area contributed by atoms with Gasteiger partial charge in [-0.05, 0) is 24.5 Å². The lowest BCUT2D eigenvalue weighted by Crippen LogP contribution is -2.38. The van der Waals surface area contributed by atoms with Crippen molar-refractivity contribution in [2.45, 2.75) is 25.3 Å². The summed E-state index contributed by atoms with van der Waals surface area (Å²) in [5, 5.41) is 0. The Hall–Kier alpha value is -1.75. The first-order chi connectivity index (χ1) is 10.7. The van der Waals surface area contributed by atoms with E-state index in [1.807, 2.05) is 30.5 Å². The van der Waals surface area contributed by atoms with E-state index in [9.17, 15) is 4.21 Å².